The number of amides is 1. The number of nitrogens with one attached hydrogen (secondary N) is 1. The molecule has 0 saturated heterocycles. The molecule has 0 atom stereocenters. The van der Waals surface area contributed by atoms with Crippen molar-refractivity contribution in [2.75, 3.05) is 0 Å². The summed E-state index contributed by atoms with van der Waals surface area (Å²) in [5.74, 6) is -0.153. The molecule has 1 N–H and O–H groups in total. The van der Waals surface area contributed by atoms with Gasteiger partial charge in [0.25, 0.3) is 0 Å². The van der Waals surface area contributed by atoms with Crippen LogP contribution in [0.3, 0.4) is 0 Å². The van der Waals surface area contributed by atoms with E-state index in [1.165, 1.54) is 0 Å². The zero-order valence-corrected chi connectivity index (χ0v) is 16.4. The van der Waals surface area contributed by atoms with Crippen LogP contribution in [0.1, 0.15) is 32.6 Å². The largest absolute Gasteiger partial charge is 0.423 e. The fraction of sp³-hybridized carbons (Fsp3) is 0.125. The zero-order chi connectivity index (χ0) is 20.6. The van der Waals surface area contributed by atoms with E-state index < -0.39 is 5.97 Å². The van der Waals surface area contributed by atoms with Gasteiger partial charge in [-0.25, -0.2) is 10.2 Å². The Balaban J connectivity index is 1.50. The second-order valence-corrected chi connectivity index (χ2v) is 6.78. The number of hydrazone groups is 1. The van der Waals surface area contributed by atoms with Crippen LogP contribution in [-0.4, -0.2) is 18.1 Å². The summed E-state index contributed by atoms with van der Waals surface area (Å²) in [5, 5.41) is 3.97. The minimum Gasteiger partial charge on any atom is -0.423 e. The van der Waals surface area contributed by atoms with Crippen molar-refractivity contribution in [2.45, 2.75) is 20.3 Å². The van der Waals surface area contributed by atoms with E-state index in [2.05, 4.69) is 10.5 Å². The molecule has 29 heavy (non-hydrogen) atoms. The zero-order valence-electron chi connectivity index (χ0n) is 16.4. The lowest BCUT2D eigenvalue weighted by atomic mass is 10.1. The van der Waals surface area contributed by atoms with Gasteiger partial charge in [0.15, 0.2) is 0 Å². The van der Waals surface area contributed by atoms with Crippen LogP contribution in [0.2, 0.25) is 0 Å². The highest BCUT2D eigenvalue weighted by Crippen LogP contribution is 2.14. The molecule has 0 unspecified atom stereocenters. The molecule has 5 nitrogen and oxygen atoms in total. The van der Waals surface area contributed by atoms with Gasteiger partial charge in [0, 0.05) is 0 Å². The first kappa shape index (κ1) is 20.0. The monoisotopic (exact) mass is 386 g/mol. The summed E-state index contributed by atoms with van der Waals surface area (Å²) in [6.45, 7) is 3.96. The summed E-state index contributed by atoms with van der Waals surface area (Å²) in [4.78, 5) is 24.1. The highest BCUT2D eigenvalue weighted by atomic mass is 16.5. The molecule has 0 aromatic heterocycles. The van der Waals surface area contributed by atoms with Crippen molar-refractivity contribution in [3.63, 3.8) is 0 Å². The molecule has 3 rings (SSSR count). The van der Waals surface area contributed by atoms with Crippen LogP contribution < -0.4 is 10.2 Å². The number of esters is 1. The Kier molecular flexibility index (Phi) is 6.53. The molecule has 0 spiro atoms. The van der Waals surface area contributed by atoms with Crippen LogP contribution in [0.5, 0.6) is 5.75 Å². The Morgan fingerprint density at radius 2 is 1.45 bits per heavy atom. The average molecular weight is 386 g/mol. The molecule has 0 aliphatic carbocycles. The van der Waals surface area contributed by atoms with Crippen molar-refractivity contribution in [2.24, 2.45) is 5.10 Å². The quantitative estimate of drug-likeness (QED) is 0.299. The van der Waals surface area contributed by atoms with Gasteiger partial charge in [-0.3, -0.25) is 4.79 Å². The minimum atomic E-state index is -0.408. The maximum atomic E-state index is 12.1. The Hall–Kier alpha value is -3.73. The Morgan fingerprint density at radius 1 is 0.862 bits per heavy atom. The first-order chi connectivity index (χ1) is 14.0. The maximum Gasteiger partial charge on any atom is 0.343 e. The lowest BCUT2D eigenvalue weighted by molar-refractivity contribution is -0.120. The molecule has 0 saturated carbocycles. The normalized spacial score (nSPS) is 10.7. The van der Waals surface area contributed by atoms with Gasteiger partial charge in [-0.05, 0) is 61.4 Å². The lowest BCUT2D eigenvalue weighted by Gasteiger charge is -2.05. The molecule has 0 bridgehead atoms. The Bertz CT molecular complexity index is 1010. The number of hydrogen-bond donors (Lipinski definition) is 1. The van der Waals surface area contributed by atoms with E-state index in [0.717, 1.165) is 22.3 Å². The van der Waals surface area contributed by atoms with Gasteiger partial charge in [-0.2, -0.15) is 5.10 Å². The van der Waals surface area contributed by atoms with E-state index in [-0.39, 0.29) is 12.3 Å². The number of aryl methyl sites for hydroxylation is 2. The summed E-state index contributed by atoms with van der Waals surface area (Å²) in [7, 11) is 0. The van der Waals surface area contributed by atoms with Crippen LogP contribution in [-0.2, 0) is 11.2 Å². The van der Waals surface area contributed by atoms with Gasteiger partial charge in [0.05, 0.1) is 18.2 Å². The molecule has 146 valence electrons. The van der Waals surface area contributed by atoms with Crippen LogP contribution in [0.25, 0.3) is 0 Å². The molecular weight excluding hydrogens is 364 g/mol. The second kappa shape index (κ2) is 9.46. The summed E-state index contributed by atoms with van der Waals surface area (Å²) in [6.07, 6.45) is 1.81. The van der Waals surface area contributed by atoms with E-state index in [1.54, 1.807) is 42.6 Å². The SMILES string of the molecule is Cc1ccc(CC(=O)N/N=C/c2ccc(OC(=O)c3ccc(C)cc3)cc2)cc1. The van der Waals surface area contributed by atoms with E-state index in [9.17, 15) is 9.59 Å². The predicted molar refractivity (Wildman–Crippen MR) is 113 cm³/mol. The third-order valence-corrected chi connectivity index (χ3v) is 4.27. The van der Waals surface area contributed by atoms with Crippen LogP contribution in [0, 0.1) is 13.8 Å². The molecule has 3 aromatic carbocycles. The third kappa shape index (κ3) is 6.14. The summed E-state index contributed by atoms with van der Waals surface area (Å²) >= 11 is 0. The number of hydrogen-bond acceptors (Lipinski definition) is 4. The van der Waals surface area contributed by atoms with Gasteiger partial charge in [0.2, 0.25) is 5.91 Å². The molecule has 0 fully saturated rings. The number of benzene rings is 3. The first-order valence-electron chi connectivity index (χ1n) is 9.26. The Morgan fingerprint density at radius 3 is 2.07 bits per heavy atom. The van der Waals surface area contributed by atoms with E-state index >= 15 is 0 Å². The highest BCUT2D eigenvalue weighted by molar-refractivity contribution is 5.91. The van der Waals surface area contributed by atoms with Gasteiger partial charge in [0.1, 0.15) is 5.75 Å². The number of carbonyl (C=O) groups excluding carboxylic acids is 2. The fourth-order valence-electron chi connectivity index (χ4n) is 2.59. The average Bonchev–Trinajstić information content (AvgIpc) is 2.71. The summed E-state index contributed by atoms with van der Waals surface area (Å²) < 4.78 is 5.36. The first-order valence-corrected chi connectivity index (χ1v) is 9.26. The molecule has 0 aliphatic heterocycles. The van der Waals surface area contributed by atoms with Gasteiger partial charge in [-0.1, -0.05) is 47.5 Å². The molecule has 0 heterocycles. The highest BCUT2D eigenvalue weighted by Gasteiger charge is 2.08. The topological polar surface area (TPSA) is 67.8 Å². The van der Waals surface area contributed by atoms with Crippen molar-refractivity contribution >= 4 is 18.1 Å². The maximum absolute atomic E-state index is 12.1. The van der Waals surface area contributed by atoms with E-state index in [1.807, 2.05) is 50.2 Å². The van der Waals surface area contributed by atoms with Gasteiger partial charge >= 0.3 is 5.97 Å². The molecule has 5 heteroatoms. The number of rotatable bonds is 6. The van der Waals surface area contributed by atoms with E-state index in [4.69, 9.17) is 4.74 Å². The Labute approximate surface area is 170 Å². The van der Waals surface area contributed by atoms with Crippen LogP contribution in [0.4, 0.5) is 0 Å². The molecule has 0 aliphatic rings. The van der Waals surface area contributed by atoms with Crippen molar-refractivity contribution in [1.29, 1.82) is 0 Å². The molecule has 1 amide bonds. The minimum absolute atomic E-state index is 0.186. The van der Waals surface area contributed by atoms with Crippen LogP contribution >= 0.6 is 0 Å². The van der Waals surface area contributed by atoms with Crippen molar-refractivity contribution in [3.8, 4) is 5.75 Å². The smallest absolute Gasteiger partial charge is 0.343 e. The van der Waals surface area contributed by atoms with Crippen molar-refractivity contribution in [1.82, 2.24) is 5.43 Å². The van der Waals surface area contributed by atoms with Crippen molar-refractivity contribution in [3.05, 3.63) is 101 Å². The van der Waals surface area contributed by atoms with Crippen molar-refractivity contribution < 1.29 is 14.3 Å². The summed E-state index contributed by atoms with van der Waals surface area (Å²) in [5.41, 5.74) is 6.95. The second-order valence-electron chi connectivity index (χ2n) is 6.78. The van der Waals surface area contributed by atoms with E-state index in [0.29, 0.717) is 11.3 Å². The van der Waals surface area contributed by atoms with Gasteiger partial charge in [-0.15, -0.1) is 0 Å². The fourth-order valence-corrected chi connectivity index (χ4v) is 2.59. The standard InChI is InChI=1S/C24H22N2O3/c1-17-3-7-19(8-4-17)15-23(27)26-25-16-20-9-13-22(14-10-20)29-24(28)21-11-5-18(2)6-12-21/h3-14,16H,15H2,1-2H3,(H,26,27)/b25-16+. The molecular formula is C24H22N2O3. The lowest BCUT2D eigenvalue weighted by Crippen LogP contribution is -2.19. The number of ether oxygens (including phenoxy) is 1. The van der Waals surface area contributed by atoms with Crippen LogP contribution in [0.15, 0.2) is 77.9 Å². The number of nitrogens with zero attached hydrogens (tertiary/aromatic N) is 1. The molecule has 0 radical (unpaired) electrons. The summed E-state index contributed by atoms with van der Waals surface area (Å²) in [6, 6.07) is 21.9. The molecule has 3 aromatic rings. The predicted octanol–water partition coefficient (Wildman–Crippen LogP) is 4.22. The van der Waals surface area contributed by atoms with Gasteiger partial charge < -0.3 is 4.74 Å². The third-order valence-electron chi connectivity index (χ3n) is 4.27. The number of carbonyl (C=O) groups is 2.